The Kier molecular flexibility index (Phi) is 7.51. The van der Waals surface area contributed by atoms with Crippen molar-refractivity contribution in [3.8, 4) is 17.4 Å². The number of nitriles is 1. The van der Waals surface area contributed by atoms with E-state index in [0.717, 1.165) is 17.0 Å². The van der Waals surface area contributed by atoms with Crippen LogP contribution in [0.1, 0.15) is 70.4 Å². The Morgan fingerprint density at radius 3 is 2.64 bits per heavy atom. The van der Waals surface area contributed by atoms with Crippen molar-refractivity contribution in [2.75, 3.05) is 24.2 Å². The van der Waals surface area contributed by atoms with Crippen molar-refractivity contribution in [2.45, 2.75) is 82.1 Å². The maximum atomic E-state index is 14.6. The van der Waals surface area contributed by atoms with Gasteiger partial charge in [-0.2, -0.15) is 5.26 Å². The molecule has 8 nitrogen and oxygen atoms in total. The molecular formula is C29H36FN5O3S. The van der Waals surface area contributed by atoms with E-state index in [9.17, 15) is 19.6 Å². The molecule has 5 rings (SSSR count). The first-order valence-electron chi connectivity index (χ1n) is 13.6. The summed E-state index contributed by atoms with van der Waals surface area (Å²) in [6, 6.07) is 9.96. The molecule has 2 heterocycles. The van der Waals surface area contributed by atoms with E-state index < -0.39 is 23.9 Å². The third kappa shape index (κ3) is 5.57. The molecular weight excluding hydrogens is 517 g/mol. The number of hydrogen-bond acceptors (Lipinski definition) is 8. The van der Waals surface area contributed by atoms with E-state index in [2.05, 4.69) is 16.4 Å². The minimum Gasteiger partial charge on any atom is -0.440 e. The number of rotatable bonds is 5. The summed E-state index contributed by atoms with van der Waals surface area (Å²) >= 11 is 1.56. The van der Waals surface area contributed by atoms with Crippen LogP contribution in [0.25, 0.3) is 11.3 Å². The Morgan fingerprint density at radius 1 is 1.31 bits per heavy atom. The zero-order valence-corrected chi connectivity index (χ0v) is 23.7. The number of hydrogen-bond donors (Lipinski definition) is 2. The van der Waals surface area contributed by atoms with Gasteiger partial charge in [-0.3, -0.25) is 9.79 Å². The summed E-state index contributed by atoms with van der Waals surface area (Å²) in [5, 5.41) is 23.8. The van der Waals surface area contributed by atoms with Crippen LogP contribution < -0.4 is 10.2 Å². The molecule has 2 aromatic rings. The number of nitrogens with zero attached hydrogens (tertiary/aromatic N) is 4. The van der Waals surface area contributed by atoms with E-state index in [4.69, 9.17) is 9.40 Å². The maximum absolute atomic E-state index is 14.6. The highest BCUT2D eigenvalue weighted by Gasteiger charge is 2.48. The van der Waals surface area contributed by atoms with Crippen LogP contribution in [0, 0.1) is 17.2 Å². The highest BCUT2D eigenvalue weighted by molar-refractivity contribution is 8.14. The van der Waals surface area contributed by atoms with E-state index in [0.29, 0.717) is 54.6 Å². The second kappa shape index (κ2) is 10.6. The average molecular weight is 554 g/mol. The van der Waals surface area contributed by atoms with Gasteiger partial charge in [0.1, 0.15) is 16.8 Å². The molecule has 10 heteroatoms. The van der Waals surface area contributed by atoms with E-state index in [1.54, 1.807) is 18.8 Å². The predicted molar refractivity (Wildman–Crippen MR) is 151 cm³/mol. The van der Waals surface area contributed by atoms with Crippen LogP contribution >= 0.6 is 11.8 Å². The zero-order chi connectivity index (χ0) is 27.9. The van der Waals surface area contributed by atoms with E-state index in [1.807, 2.05) is 49.9 Å². The molecule has 4 atom stereocenters. The topological polar surface area (TPSA) is 115 Å². The molecule has 1 aromatic heterocycles. The normalized spacial score (nSPS) is 27.7. The fourth-order valence-corrected chi connectivity index (χ4v) is 6.30. The summed E-state index contributed by atoms with van der Waals surface area (Å²) in [5.41, 5.74) is 1.15. The average Bonchev–Trinajstić information content (AvgIpc) is 3.54. The lowest BCUT2D eigenvalue weighted by Crippen LogP contribution is -2.45. The monoisotopic (exact) mass is 553 g/mol. The second-order valence-electron chi connectivity index (χ2n) is 11.8. The Morgan fingerprint density at radius 2 is 2.03 bits per heavy atom. The third-order valence-electron chi connectivity index (χ3n) is 7.88. The number of benzene rings is 1. The molecule has 3 aliphatic rings. The fraction of sp³-hybridized carbons (Fsp3) is 0.586. The van der Waals surface area contributed by atoms with Crippen LogP contribution in [-0.4, -0.2) is 58.3 Å². The van der Waals surface area contributed by atoms with Gasteiger partial charge in [-0.25, -0.2) is 9.37 Å². The largest absolute Gasteiger partial charge is 0.440 e. The van der Waals surface area contributed by atoms with Crippen molar-refractivity contribution >= 4 is 28.4 Å². The van der Waals surface area contributed by atoms with Crippen molar-refractivity contribution in [3.05, 3.63) is 35.9 Å². The van der Waals surface area contributed by atoms with Crippen LogP contribution in [0.15, 0.2) is 33.7 Å². The number of alkyl halides is 1. The molecule has 1 saturated heterocycles. The summed E-state index contributed by atoms with van der Waals surface area (Å²) in [4.78, 5) is 24.4. The number of carbonyl (C=O) groups excluding carboxylic acids is 1. The summed E-state index contributed by atoms with van der Waals surface area (Å²) in [6.45, 7) is 6.75. The lowest BCUT2D eigenvalue weighted by molar-refractivity contribution is -0.128. The summed E-state index contributed by atoms with van der Waals surface area (Å²) in [5.74, 6) is 0.724. The molecule has 1 aliphatic heterocycles. The van der Waals surface area contributed by atoms with Gasteiger partial charge in [-0.15, -0.1) is 11.8 Å². The quantitative estimate of drug-likeness (QED) is 0.539. The predicted octanol–water partition coefficient (Wildman–Crippen LogP) is 4.93. The van der Waals surface area contributed by atoms with Crippen LogP contribution in [0.2, 0.25) is 0 Å². The summed E-state index contributed by atoms with van der Waals surface area (Å²) in [7, 11) is 1.69. The molecule has 39 heavy (non-hydrogen) atoms. The number of oxazole rings is 1. The van der Waals surface area contributed by atoms with Crippen molar-refractivity contribution in [1.82, 2.24) is 10.3 Å². The molecule has 208 valence electrons. The number of aliphatic hydroxyl groups is 1. The van der Waals surface area contributed by atoms with Gasteiger partial charge in [0.05, 0.1) is 11.8 Å². The van der Waals surface area contributed by atoms with Crippen molar-refractivity contribution in [2.24, 2.45) is 10.9 Å². The van der Waals surface area contributed by atoms with Crippen LogP contribution in [0.5, 0.6) is 0 Å². The first-order chi connectivity index (χ1) is 18.5. The minimum atomic E-state index is -1.07. The Labute approximate surface area is 233 Å². The Hall–Kier alpha value is -2.90. The van der Waals surface area contributed by atoms with E-state index in [1.165, 1.54) is 0 Å². The number of thioether (sulfide) groups is 1. The number of halogens is 1. The van der Waals surface area contributed by atoms with Crippen molar-refractivity contribution < 1.29 is 18.7 Å². The second-order valence-corrected chi connectivity index (χ2v) is 12.9. The standard InChI is InChI=1S/C29H36FN5O3S/c1-28(2,3)27-33-22(20-10-7-18(30)15-21(20)24(36)34-29(16-31)11-12-29)23(38-27)17-5-8-19(9-6-17)35-13-14-39-25(32-4)26(35)37/h5-6,8-9,18,20-21,26,37H,7,10-15H2,1-4H3,(H,34,36)/t18-,20+,21?,26?/m0/s1. The number of amides is 1. The first-order valence-corrected chi connectivity index (χ1v) is 14.6. The molecule has 0 radical (unpaired) electrons. The van der Waals surface area contributed by atoms with Gasteiger partial charge < -0.3 is 19.7 Å². The van der Waals surface area contributed by atoms with Gasteiger partial charge in [0.25, 0.3) is 0 Å². The highest BCUT2D eigenvalue weighted by Crippen LogP contribution is 2.45. The lowest BCUT2D eigenvalue weighted by atomic mass is 9.75. The molecule has 2 saturated carbocycles. The van der Waals surface area contributed by atoms with Gasteiger partial charge >= 0.3 is 0 Å². The smallest absolute Gasteiger partial charge is 0.225 e. The third-order valence-corrected chi connectivity index (χ3v) is 8.95. The zero-order valence-electron chi connectivity index (χ0n) is 22.9. The molecule has 2 aliphatic carbocycles. The fourth-order valence-electron chi connectivity index (χ4n) is 5.40. The summed E-state index contributed by atoms with van der Waals surface area (Å²) < 4.78 is 21.0. The number of anilines is 1. The number of aromatic nitrogens is 1. The lowest BCUT2D eigenvalue weighted by Gasteiger charge is -2.34. The highest BCUT2D eigenvalue weighted by atomic mass is 32.2. The number of aliphatic imine (C=N–C) groups is 1. The molecule has 3 fully saturated rings. The summed E-state index contributed by atoms with van der Waals surface area (Å²) in [6.07, 6.45) is 0.300. The van der Waals surface area contributed by atoms with Crippen LogP contribution in [0.4, 0.5) is 10.1 Å². The van der Waals surface area contributed by atoms with E-state index in [-0.39, 0.29) is 23.7 Å². The first kappa shape index (κ1) is 27.7. The minimum absolute atomic E-state index is 0.0975. The van der Waals surface area contributed by atoms with Gasteiger partial charge in [-0.05, 0) is 56.4 Å². The molecule has 1 aromatic carbocycles. The van der Waals surface area contributed by atoms with E-state index >= 15 is 0 Å². The number of nitrogens with one attached hydrogen (secondary N) is 1. The Balaban J connectivity index is 1.49. The van der Waals surface area contributed by atoms with Gasteiger partial charge in [0.2, 0.25) is 11.8 Å². The molecule has 0 spiro atoms. The Bertz CT molecular complexity index is 1290. The molecule has 0 bridgehead atoms. The maximum Gasteiger partial charge on any atom is 0.225 e. The van der Waals surface area contributed by atoms with Crippen LogP contribution in [-0.2, 0) is 10.2 Å². The number of carbonyl (C=O) groups is 1. The molecule has 2 unspecified atom stereocenters. The van der Waals surface area contributed by atoms with Gasteiger partial charge in [-0.1, -0.05) is 20.8 Å². The SMILES string of the molecule is CN=C1SCCN(c2ccc(-c3oc(C(C)(C)C)nc3[C@@H]3CC[C@H](F)CC3C(=O)NC3(C#N)CC3)cc2)C1O. The van der Waals surface area contributed by atoms with Crippen molar-refractivity contribution in [3.63, 3.8) is 0 Å². The molecule has 2 N–H and O–H groups in total. The van der Waals surface area contributed by atoms with Gasteiger partial charge in [0, 0.05) is 47.8 Å². The van der Waals surface area contributed by atoms with Crippen molar-refractivity contribution in [1.29, 1.82) is 5.26 Å². The number of aliphatic hydroxyl groups excluding tert-OH is 1. The van der Waals surface area contributed by atoms with Crippen LogP contribution in [0.3, 0.4) is 0 Å². The molecule has 1 amide bonds. The van der Waals surface area contributed by atoms with Gasteiger partial charge in [0.15, 0.2) is 12.0 Å².